The van der Waals surface area contributed by atoms with Crippen LogP contribution in [0.3, 0.4) is 0 Å². The molecule has 1 heterocycles. The molecule has 6 heteroatoms. The third-order valence-corrected chi connectivity index (χ3v) is 6.60. The lowest BCUT2D eigenvalue weighted by Gasteiger charge is -2.37. The zero-order chi connectivity index (χ0) is 22.1. The summed E-state index contributed by atoms with van der Waals surface area (Å²) >= 11 is 3.59. The van der Waals surface area contributed by atoms with Crippen LogP contribution in [0.4, 0.5) is 4.39 Å². The Labute approximate surface area is 189 Å². The molecule has 0 bridgehead atoms. The summed E-state index contributed by atoms with van der Waals surface area (Å²) in [6, 6.07) is 13.9. The van der Waals surface area contributed by atoms with Gasteiger partial charge >= 0.3 is 5.97 Å². The van der Waals surface area contributed by atoms with Crippen molar-refractivity contribution in [1.82, 2.24) is 5.32 Å². The van der Waals surface area contributed by atoms with E-state index < -0.39 is 11.9 Å². The molecule has 4 rings (SSSR count). The number of rotatable bonds is 4. The first-order valence-corrected chi connectivity index (χ1v) is 11.1. The summed E-state index contributed by atoms with van der Waals surface area (Å²) in [5, 5.41) is 3.32. The van der Waals surface area contributed by atoms with E-state index in [0.29, 0.717) is 29.7 Å². The first-order valence-electron chi connectivity index (χ1n) is 10.3. The second-order valence-electron chi connectivity index (χ2n) is 7.81. The van der Waals surface area contributed by atoms with E-state index in [1.807, 2.05) is 31.2 Å². The van der Waals surface area contributed by atoms with E-state index in [-0.39, 0.29) is 24.1 Å². The Morgan fingerprint density at radius 3 is 2.55 bits per heavy atom. The van der Waals surface area contributed by atoms with Crippen LogP contribution < -0.4 is 5.32 Å². The maximum absolute atomic E-state index is 13.4. The van der Waals surface area contributed by atoms with E-state index in [0.717, 1.165) is 21.3 Å². The number of carbonyl (C=O) groups excluding carboxylic acids is 2. The average molecular weight is 484 g/mol. The van der Waals surface area contributed by atoms with E-state index in [9.17, 15) is 14.0 Å². The SMILES string of the molecule is CCOC(=O)C1=C(C)NC2=C(C(=O)C[C@H](c3ccc(F)cc3)C2)[C@H]1c1ccccc1Br. The topological polar surface area (TPSA) is 55.4 Å². The number of hydrogen-bond acceptors (Lipinski definition) is 4. The molecule has 0 aromatic heterocycles. The van der Waals surface area contributed by atoms with Gasteiger partial charge in [-0.15, -0.1) is 0 Å². The van der Waals surface area contributed by atoms with Crippen LogP contribution in [0.15, 0.2) is 75.5 Å². The van der Waals surface area contributed by atoms with Gasteiger partial charge in [-0.2, -0.15) is 0 Å². The lowest BCUT2D eigenvalue weighted by molar-refractivity contribution is -0.138. The molecule has 0 saturated heterocycles. The Balaban J connectivity index is 1.81. The van der Waals surface area contributed by atoms with Crippen molar-refractivity contribution in [2.24, 2.45) is 0 Å². The summed E-state index contributed by atoms with van der Waals surface area (Å²) in [7, 11) is 0. The lowest BCUT2D eigenvalue weighted by atomic mass is 9.72. The number of hydrogen-bond donors (Lipinski definition) is 1. The Hall–Kier alpha value is -2.73. The van der Waals surface area contributed by atoms with Gasteiger partial charge in [0.05, 0.1) is 12.2 Å². The maximum Gasteiger partial charge on any atom is 0.336 e. The number of Topliss-reactive ketones (excluding diaryl/α,β-unsaturated/α-hetero) is 1. The van der Waals surface area contributed by atoms with Gasteiger partial charge in [-0.25, -0.2) is 9.18 Å². The highest BCUT2D eigenvalue weighted by Gasteiger charge is 2.41. The van der Waals surface area contributed by atoms with E-state index in [2.05, 4.69) is 21.2 Å². The smallest absolute Gasteiger partial charge is 0.336 e. The predicted octanol–water partition coefficient (Wildman–Crippen LogP) is 5.51. The molecule has 0 spiro atoms. The summed E-state index contributed by atoms with van der Waals surface area (Å²) < 4.78 is 19.5. The third kappa shape index (κ3) is 4.09. The molecule has 0 unspecified atom stereocenters. The molecule has 0 saturated carbocycles. The number of ketones is 1. The molecule has 2 atom stereocenters. The fourth-order valence-electron chi connectivity index (χ4n) is 4.51. The number of allylic oxidation sites excluding steroid dienone is 3. The molecule has 31 heavy (non-hydrogen) atoms. The molecule has 0 radical (unpaired) electrons. The lowest BCUT2D eigenvalue weighted by Crippen LogP contribution is -2.36. The monoisotopic (exact) mass is 483 g/mol. The number of benzene rings is 2. The minimum Gasteiger partial charge on any atom is -0.463 e. The molecule has 4 nitrogen and oxygen atoms in total. The minimum atomic E-state index is -0.507. The van der Waals surface area contributed by atoms with Gasteiger partial charge in [0.25, 0.3) is 0 Å². The normalized spacial score (nSPS) is 21.0. The van der Waals surface area contributed by atoms with Crippen LogP contribution in [0.25, 0.3) is 0 Å². The van der Waals surface area contributed by atoms with Gasteiger partial charge in [-0.05, 0) is 55.5 Å². The fraction of sp³-hybridized carbons (Fsp3) is 0.280. The largest absolute Gasteiger partial charge is 0.463 e. The number of halogens is 2. The Bertz CT molecular complexity index is 1100. The van der Waals surface area contributed by atoms with Crippen molar-refractivity contribution < 1.29 is 18.7 Å². The van der Waals surface area contributed by atoms with Crippen LogP contribution in [-0.4, -0.2) is 18.4 Å². The molecule has 0 fully saturated rings. The summed E-state index contributed by atoms with van der Waals surface area (Å²) in [5.74, 6) is -1.29. The average Bonchev–Trinajstić information content (AvgIpc) is 2.73. The first kappa shape index (κ1) is 21.5. The van der Waals surface area contributed by atoms with E-state index in [4.69, 9.17) is 4.74 Å². The molecule has 1 aliphatic carbocycles. The summed E-state index contributed by atoms with van der Waals surface area (Å²) in [5.41, 5.74) is 4.35. The van der Waals surface area contributed by atoms with Gasteiger partial charge in [-0.3, -0.25) is 4.79 Å². The Kier molecular flexibility index (Phi) is 6.10. The molecule has 1 N–H and O–H groups in total. The molecule has 2 aliphatic rings. The number of esters is 1. The van der Waals surface area contributed by atoms with Crippen LogP contribution in [0.5, 0.6) is 0 Å². The third-order valence-electron chi connectivity index (χ3n) is 5.88. The van der Waals surface area contributed by atoms with Crippen molar-refractivity contribution in [3.63, 3.8) is 0 Å². The number of dihydropyridines is 1. The van der Waals surface area contributed by atoms with Crippen LogP contribution in [0, 0.1) is 5.82 Å². The van der Waals surface area contributed by atoms with Crippen LogP contribution in [0.1, 0.15) is 49.7 Å². The zero-order valence-electron chi connectivity index (χ0n) is 17.4. The molecular formula is C25H23BrFNO3. The van der Waals surface area contributed by atoms with Gasteiger partial charge in [0.15, 0.2) is 5.78 Å². The number of ether oxygens (including phenoxy) is 1. The summed E-state index contributed by atoms with van der Waals surface area (Å²) in [6.07, 6.45) is 0.920. The van der Waals surface area contributed by atoms with Crippen LogP contribution in [0.2, 0.25) is 0 Å². The summed E-state index contributed by atoms with van der Waals surface area (Å²) in [6.45, 7) is 3.86. The first-order chi connectivity index (χ1) is 14.9. The van der Waals surface area contributed by atoms with Gasteiger partial charge < -0.3 is 10.1 Å². The van der Waals surface area contributed by atoms with Crippen molar-refractivity contribution in [1.29, 1.82) is 0 Å². The molecule has 2 aromatic carbocycles. The van der Waals surface area contributed by atoms with Gasteiger partial charge in [0.1, 0.15) is 5.82 Å². The molecule has 160 valence electrons. The second kappa shape index (κ2) is 8.79. The quantitative estimate of drug-likeness (QED) is 0.582. The molecule has 1 aliphatic heterocycles. The van der Waals surface area contributed by atoms with E-state index in [1.165, 1.54) is 12.1 Å². The Morgan fingerprint density at radius 2 is 1.87 bits per heavy atom. The van der Waals surface area contributed by atoms with Crippen molar-refractivity contribution in [3.8, 4) is 0 Å². The standard InChI is InChI=1S/C25H23BrFNO3/c1-3-31-25(30)22-14(2)28-20-12-16(15-8-10-17(27)11-9-15)13-21(29)24(20)23(22)18-6-4-5-7-19(18)26/h4-11,16,23,28H,3,12-13H2,1-2H3/t16-,23+/m1/s1. The van der Waals surface area contributed by atoms with Crippen LogP contribution >= 0.6 is 15.9 Å². The van der Waals surface area contributed by atoms with Crippen molar-refractivity contribution in [2.45, 2.75) is 38.5 Å². The number of nitrogens with one attached hydrogen (secondary N) is 1. The fourth-order valence-corrected chi connectivity index (χ4v) is 5.02. The molecular weight excluding hydrogens is 461 g/mol. The van der Waals surface area contributed by atoms with Crippen molar-refractivity contribution >= 4 is 27.7 Å². The number of carbonyl (C=O) groups is 2. The van der Waals surface area contributed by atoms with E-state index >= 15 is 0 Å². The maximum atomic E-state index is 13.4. The highest BCUT2D eigenvalue weighted by Crippen LogP contribution is 2.47. The minimum absolute atomic E-state index is 0.0156. The van der Waals surface area contributed by atoms with Crippen LogP contribution in [-0.2, 0) is 14.3 Å². The van der Waals surface area contributed by atoms with Crippen molar-refractivity contribution in [3.05, 3.63) is 92.5 Å². The highest BCUT2D eigenvalue weighted by molar-refractivity contribution is 9.10. The highest BCUT2D eigenvalue weighted by atomic mass is 79.9. The molecule has 2 aromatic rings. The van der Waals surface area contributed by atoms with Gasteiger partial charge in [-0.1, -0.05) is 46.3 Å². The second-order valence-corrected chi connectivity index (χ2v) is 8.67. The predicted molar refractivity (Wildman–Crippen MR) is 120 cm³/mol. The molecule has 0 amide bonds. The Morgan fingerprint density at radius 1 is 1.16 bits per heavy atom. The van der Waals surface area contributed by atoms with Gasteiger partial charge in [0, 0.05) is 33.8 Å². The zero-order valence-corrected chi connectivity index (χ0v) is 19.0. The van der Waals surface area contributed by atoms with Crippen molar-refractivity contribution in [2.75, 3.05) is 6.61 Å². The summed E-state index contributed by atoms with van der Waals surface area (Å²) in [4.78, 5) is 26.3. The van der Waals surface area contributed by atoms with E-state index in [1.54, 1.807) is 19.1 Å². The van der Waals surface area contributed by atoms with Gasteiger partial charge in [0.2, 0.25) is 0 Å².